The number of carbonyl (C=O) groups excluding carboxylic acids is 1. The van der Waals surface area contributed by atoms with Gasteiger partial charge in [0.05, 0.1) is 0 Å². The molecular formula is C18H11FN2OS. The molecule has 2 heterocycles. The summed E-state index contributed by atoms with van der Waals surface area (Å²) in [5.41, 5.74) is 3.02. The van der Waals surface area contributed by atoms with E-state index < -0.39 is 0 Å². The molecule has 0 unspecified atom stereocenters. The van der Waals surface area contributed by atoms with Gasteiger partial charge in [0.15, 0.2) is 5.78 Å². The molecule has 0 aliphatic heterocycles. The van der Waals surface area contributed by atoms with Crippen LogP contribution in [0.3, 0.4) is 0 Å². The van der Waals surface area contributed by atoms with E-state index in [0.717, 1.165) is 21.0 Å². The Morgan fingerprint density at radius 2 is 2.00 bits per heavy atom. The van der Waals surface area contributed by atoms with Gasteiger partial charge in [0, 0.05) is 46.6 Å². The molecule has 1 aliphatic carbocycles. The Morgan fingerprint density at radius 1 is 1.17 bits per heavy atom. The molecule has 0 saturated carbocycles. The van der Waals surface area contributed by atoms with E-state index in [0.29, 0.717) is 17.6 Å². The molecule has 1 aromatic carbocycles. The molecule has 0 fully saturated rings. The van der Waals surface area contributed by atoms with E-state index >= 15 is 0 Å². The molecule has 0 N–H and O–H groups in total. The lowest BCUT2D eigenvalue weighted by molar-refractivity contribution is 0.104. The smallest absolute Gasteiger partial charge is 0.189 e. The minimum atomic E-state index is -0.310. The molecule has 23 heavy (non-hydrogen) atoms. The van der Waals surface area contributed by atoms with Crippen molar-refractivity contribution in [1.29, 1.82) is 0 Å². The Morgan fingerprint density at radius 3 is 2.83 bits per heavy atom. The van der Waals surface area contributed by atoms with Crippen LogP contribution in [-0.4, -0.2) is 15.8 Å². The van der Waals surface area contributed by atoms with Crippen molar-refractivity contribution >= 4 is 23.2 Å². The summed E-state index contributed by atoms with van der Waals surface area (Å²) in [5.74, 6) is -0.338. The van der Waals surface area contributed by atoms with Crippen LogP contribution in [0.5, 0.6) is 0 Å². The number of ketones is 1. The highest BCUT2D eigenvalue weighted by Crippen LogP contribution is 2.31. The number of hydrogen-bond donors (Lipinski definition) is 0. The van der Waals surface area contributed by atoms with Gasteiger partial charge >= 0.3 is 0 Å². The number of pyridine rings is 1. The van der Waals surface area contributed by atoms with E-state index in [1.54, 1.807) is 24.7 Å². The van der Waals surface area contributed by atoms with Crippen LogP contribution in [0.15, 0.2) is 54.5 Å². The predicted octanol–water partition coefficient (Wildman–Crippen LogP) is 4.17. The number of allylic oxidation sites excluding steroid dienone is 1. The lowest BCUT2D eigenvalue weighted by Gasteiger charge is -1.94. The standard InChI is InChI=1S/C18H11FN2OS/c19-14-1-2-16-12(8-14)7-13(17(16)22)9-15-10-21-18(23-15)11-3-5-20-6-4-11/h1-6,8-10H,7H2/b13-9-. The summed E-state index contributed by atoms with van der Waals surface area (Å²) in [6.45, 7) is 0. The monoisotopic (exact) mass is 322 g/mol. The number of nitrogens with zero attached hydrogens (tertiary/aromatic N) is 2. The Bertz CT molecular complexity index is 931. The summed E-state index contributed by atoms with van der Waals surface area (Å²) in [7, 11) is 0. The van der Waals surface area contributed by atoms with Gasteiger partial charge in [-0.1, -0.05) is 0 Å². The largest absolute Gasteiger partial charge is 0.289 e. The Kier molecular flexibility index (Phi) is 3.35. The van der Waals surface area contributed by atoms with Gasteiger partial charge in [-0.3, -0.25) is 9.78 Å². The SMILES string of the molecule is O=C1/C(=C\c2cnc(-c3ccncc3)s2)Cc2cc(F)ccc21. The molecule has 0 atom stereocenters. The predicted molar refractivity (Wildman–Crippen MR) is 87.8 cm³/mol. The third kappa shape index (κ3) is 2.59. The van der Waals surface area contributed by atoms with Gasteiger partial charge < -0.3 is 0 Å². The first-order valence-electron chi connectivity index (χ1n) is 7.10. The van der Waals surface area contributed by atoms with E-state index in [9.17, 15) is 9.18 Å². The lowest BCUT2D eigenvalue weighted by atomic mass is 10.1. The van der Waals surface area contributed by atoms with Crippen molar-refractivity contribution in [3.8, 4) is 10.6 Å². The molecule has 4 rings (SSSR count). The second-order valence-electron chi connectivity index (χ2n) is 5.28. The number of benzene rings is 1. The summed E-state index contributed by atoms with van der Waals surface area (Å²) < 4.78 is 13.3. The highest BCUT2D eigenvalue weighted by molar-refractivity contribution is 7.15. The Hall–Kier alpha value is -2.66. The average Bonchev–Trinajstić information content (AvgIpc) is 3.14. The van der Waals surface area contributed by atoms with Crippen molar-refractivity contribution in [1.82, 2.24) is 9.97 Å². The fraction of sp³-hybridized carbons (Fsp3) is 0.0556. The third-order valence-corrected chi connectivity index (χ3v) is 4.75. The number of halogens is 1. The van der Waals surface area contributed by atoms with E-state index in [1.807, 2.05) is 18.2 Å². The normalized spacial score (nSPS) is 15.2. The maximum Gasteiger partial charge on any atom is 0.189 e. The summed E-state index contributed by atoms with van der Waals surface area (Å²) in [6.07, 6.45) is 7.52. The molecule has 5 heteroatoms. The van der Waals surface area contributed by atoms with Crippen molar-refractivity contribution < 1.29 is 9.18 Å². The van der Waals surface area contributed by atoms with Crippen molar-refractivity contribution in [2.24, 2.45) is 0 Å². The first-order valence-corrected chi connectivity index (χ1v) is 7.92. The topological polar surface area (TPSA) is 42.9 Å². The third-order valence-electron chi connectivity index (χ3n) is 3.75. The average molecular weight is 322 g/mol. The summed E-state index contributed by atoms with van der Waals surface area (Å²) in [4.78, 5) is 21.7. The van der Waals surface area contributed by atoms with Crippen molar-refractivity contribution in [2.45, 2.75) is 6.42 Å². The Balaban J connectivity index is 1.65. The van der Waals surface area contributed by atoms with Crippen molar-refractivity contribution in [3.05, 3.63) is 76.3 Å². The molecule has 112 valence electrons. The van der Waals surface area contributed by atoms with Crippen LogP contribution in [0, 0.1) is 5.82 Å². The van der Waals surface area contributed by atoms with E-state index in [4.69, 9.17) is 0 Å². The van der Waals surface area contributed by atoms with Gasteiger partial charge in [0.2, 0.25) is 0 Å². The molecular weight excluding hydrogens is 311 g/mol. The minimum absolute atomic E-state index is 0.0288. The molecule has 0 radical (unpaired) electrons. The van der Waals surface area contributed by atoms with Crippen molar-refractivity contribution in [2.75, 3.05) is 0 Å². The van der Waals surface area contributed by atoms with E-state index in [-0.39, 0.29) is 11.6 Å². The van der Waals surface area contributed by atoms with Gasteiger partial charge in [-0.05, 0) is 42.0 Å². The number of rotatable bonds is 2. The van der Waals surface area contributed by atoms with Gasteiger partial charge in [-0.2, -0.15) is 0 Å². The molecule has 3 aromatic rings. The zero-order valence-corrected chi connectivity index (χ0v) is 12.8. The fourth-order valence-electron chi connectivity index (χ4n) is 2.66. The zero-order chi connectivity index (χ0) is 15.8. The first-order chi connectivity index (χ1) is 11.2. The van der Waals surface area contributed by atoms with Crippen LogP contribution >= 0.6 is 11.3 Å². The van der Waals surface area contributed by atoms with Gasteiger partial charge in [-0.25, -0.2) is 9.37 Å². The van der Waals surface area contributed by atoms with E-state index in [1.165, 1.54) is 23.5 Å². The molecule has 0 spiro atoms. The number of carbonyl (C=O) groups is 1. The van der Waals surface area contributed by atoms with E-state index in [2.05, 4.69) is 9.97 Å². The molecule has 0 bridgehead atoms. The first kappa shape index (κ1) is 14.0. The maximum absolute atomic E-state index is 13.3. The van der Waals surface area contributed by atoms with Gasteiger partial charge in [0.25, 0.3) is 0 Å². The molecule has 0 saturated heterocycles. The van der Waals surface area contributed by atoms with Crippen LogP contribution in [0.1, 0.15) is 20.8 Å². The number of Topliss-reactive ketones (excluding diaryl/α,β-unsaturated/α-hetero) is 1. The highest BCUT2D eigenvalue weighted by Gasteiger charge is 2.25. The Labute approximate surface area is 136 Å². The molecule has 2 aromatic heterocycles. The summed E-state index contributed by atoms with van der Waals surface area (Å²) >= 11 is 1.52. The number of hydrogen-bond acceptors (Lipinski definition) is 4. The number of thiazole rings is 1. The zero-order valence-electron chi connectivity index (χ0n) is 12.0. The van der Waals surface area contributed by atoms with Crippen LogP contribution in [0.2, 0.25) is 0 Å². The van der Waals surface area contributed by atoms with Crippen LogP contribution < -0.4 is 0 Å². The minimum Gasteiger partial charge on any atom is -0.289 e. The molecule has 0 amide bonds. The molecule has 1 aliphatic rings. The maximum atomic E-state index is 13.3. The highest BCUT2D eigenvalue weighted by atomic mass is 32.1. The quantitative estimate of drug-likeness (QED) is 0.665. The summed E-state index contributed by atoms with van der Waals surface area (Å²) in [5, 5.41) is 0.883. The fourth-order valence-corrected chi connectivity index (χ4v) is 3.55. The van der Waals surface area contributed by atoms with Crippen LogP contribution in [-0.2, 0) is 6.42 Å². The summed E-state index contributed by atoms with van der Waals surface area (Å²) in [6, 6.07) is 8.12. The number of aromatic nitrogens is 2. The van der Waals surface area contributed by atoms with Crippen molar-refractivity contribution in [3.63, 3.8) is 0 Å². The number of fused-ring (bicyclic) bond motifs is 1. The van der Waals surface area contributed by atoms with Crippen LogP contribution in [0.25, 0.3) is 16.6 Å². The molecule has 3 nitrogen and oxygen atoms in total. The van der Waals surface area contributed by atoms with Gasteiger partial charge in [0.1, 0.15) is 10.8 Å². The second-order valence-corrected chi connectivity index (χ2v) is 6.34. The lowest BCUT2D eigenvalue weighted by Crippen LogP contribution is -1.94. The van der Waals surface area contributed by atoms with Crippen LogP contribution in [0.4, 0.5) is 4.39 Å². The van der Waals surface area contributed by atoms with Gasteiger partial charge in [-0.15, -0.1) is 11.3 Å². The second kappa shape index (κ2) is 5.52.